The maximum Gasteiger partial charge on any atom is 0.360 e. The van der Waals surface area contributed by atoms with Crippen LogP contribution in [0.2, 0.25) is 0 Å². The molecule has 7 heteroatoms. The first-order valence-corrected chi connectivity index (χ1v) is 8.42. The highest BCUT2D eigenvalue weighted by Crippen LogP contribution is 2.30. The maximum absolute atomic E-state index is 12.7. The summed E-state index contributed by atoms with van der Waals surface area (Å²) in [5, 5.41) is 10.6. The number of rotatable bonds is 3. The molecule has 0 aliphatic carbocycles. The van der Waals surface area contributed by atoms with Crippen LogP contribution >= 0.6 is 0 Å². The first-order chi connectivity index (χ1) is 13.5. The number of nitrogens with one attached hydrogen (secondary N) is 1. The van der Waals surface area contributed by atoms with Crippen molar-refractivity contribution in [2.75, 3.05) is 0 Å². The lowest BCUT2D eigenvalue weighted by molar-refractivity contribution is 0.0673. The summed E-state index contributed by atoms with van der Waals surface area (Å²) in [4.78, 5) is 43.5. The zero-order valence-electron chi connectivity index (χ0n) is 14.7. The number of esters is 1. The molecule has 28 heavy (non-hydrogen) atoms. The quantitative estimate of drug-likeness (QED) is 0.533. The van der Waals surface area contributed by atoms with E-state index in [1.165, 1.54) is 0 Å². The molecular formula is C21H14N2O5. The van der Waals surface area contributed by atoms with E-state index < -0.39 is 11.9 Å². The fraction of sp³-hybridized carbons (Fsp3) is 0.0476. The molecule has 138 valence electrons. The third-order valence-electron chi connectivity index (χ3n) is 4.45. The van der Waals surface area contributed by atoms with Crippen molar-refractivity contribution in [2.24, 2.45) is 0 Å². The number of pyridine rings is 2. The number of carbonyl (C=O) groups excluding carboxylic acids is 1. The van der Waals surface area contributed by atoms with Gasteiger partial charge in [0.25, 0.3) is 0 Å². The van der Waals surface area contributed by atoms with E-state index in [-0.39, 0.29) is 22.6 Å². The summed E-state index contributed by atoms with van der Waals surface area (Å²) in [5.74, 6) is -2.33. The van der Waals surface area contributed by atoms with Gasteiger partial charge in [0.1, 0.15) is 5.69 Å². The number of aryl methyl sites for hydroxylation is 1. The molecule has 0 atom stereocenters. The SMILES string of the molecule is Cc1c(OC(=O)c2cc(=O)c3ccccc3[nH]2)c(C(=O)O)nc2ccccc12. The van der Waals surface area contributed by atoms with Crippen LogP contribution < -0.4 is 10.2 Å². The Balaban J connectivity index is 1.83. The Kier molecular flexibility index (Phi) is 4.12. The van der Waals surface area contributed by atoms with Crippen molar-refractivity contribution in [3.05, 3.63) is 81.8 Å². The molecule has 0 fully saturated rings. The largest absolute Gasteiger partial charge is 0.476 e. The zero-order chi connectivity index (χ0) is 19.8. The third kappa shape index (κ3) is 2.88. The summed E-state index contributed by atoms with van der Waals surface area (Å²) in [5.41, 5.74) is 0.651. The van der Waals surface area contributed by atoms with Gasteiger partial charge in [-0.2, -0.15) is 0 Å². The second-order valence-corrected chi connectivity index (χ2v) is 6.22. The Labute approximate surface area is 158 Å². The summed E-state index contributed by atoms with van der Waals surface area (Å²) in [7, 11) is 0. The second kappa shape index (κ2) is 6.62. The van der Waals surface area contributed by atoms with Gasteiger partial charge in [-0.05, 0) is 25.1 Å². The minimum Gasteiger partial charge on any atom is -0.476 e. The van der Waals surface area contributed by atoms with Crippen molar-refractivity contribution in [3.8, 4) is 5.75 Å². The number of aromatic nitrogens is 2. The lowest BCUT2D eigenvalue weighted by atomic mass is 10.1. The number of ether oxygens (including phenoxy) is 1. The number of fused-ring (bicyclic) bond motifs is 2. The fourth-order valence-electron chi connectivity index (χ4n) is 3.08. The highest BCUT2D eigenvalue weighted by molar-refractivity contribution is 5.98. The minimum absolute atomic E-state index is 0.0763. The average molecular weight is 374 g/mol. The van der Waals surface area contributed by atoms with E-state index in [9.17, 15) is 19.5 Å². The smallest absolute Gasteiger partial charge is 0.360 e. The predicted molar refractivity (Wildman–Crippen MR) is 103 cm³/mol. The maximum atomic E-state index is 12.7. The zero-order valence-corrected chi connectivity index (χ0v) is 14.7. The molecule has 0 spiro atoms. The molecule has 0 unspecified atom stereocenters. The van der Waals surface area contributed by atoms with Gasteiger partial charge in [0.2, 0.25) is 0 Å². The van der Waals surface area contributed by atoms with Gasteiger partial charge in [-0.25, -0.2) is 14.6 Å². The summed E-state index contributed by atoms with van der Waals surface area (Å²) in [6.07, 6.45) is 0. The third-order valence-corrected chi connectivity index (χ3v) is 4.45. The summed E-state index contributed by atoms with van der Waals surface area (Å²) >= 11 is 0. The van der Waals surface area contributed by atoms with Crippen LogP contribution in [-0.2, 0) is 0 Å². The summed E-state index contributed by atoms with van der Waals surface area (Å²) in [6, 6.07) is 14.9. The Morgan fingerprint density at radius 3 is 2.46 bits per heavy atom. The van der Waals surface area contributed by atoms with Crippen LogP contribution in [0.5, 0.6) is 5.75 Å². The molecule has 0 saturated carbocycles. The number of para-hydroxylation sites is 2. The first kappa shape index (κ1) is 17.4. The molecule has 2 aromatic heterocycles. The molecule has 0 aliphatic rings. The molecule has 4 aromatic rings. The Bertz CT molecular complexity index is 1320. The van der Waals surface area contributed by atoms with Crippen LogP contribution in [-0.4, -0.2) is 27.0 Å². The van der Waals surface area contributed by atoms with Crippen LogP contribution in [0.1, 0.15) is 26.5 Å². The molecule has 2 heterocycles. The molecule has 0 amide bonds. The van der Waals surface area contributed by atoms with Gasteiger partial charge in [-0.15, -0.1) is 0 Å². The van der Waals surface area contributed by atoms with Gasteiger partial charge in [0.15, 0.2) is 16.9 Å². The number of H-pyrrole nitrogens is 1. The normalized spacial score (nSPS) is 10.9. The van der Waals surface area contributed by atoms with Gasteiger partial charge < -0.3 is 14.8 Å². The van der Waals surface area contributed by atoms with Crippen LogP contribution in [0.3, 0.4) is 0 Å². The number of carboxylic acids is 1. The lowest BCUT2D eigenvalue weighted by Gasteiger charge is -2.12. The standard InChI is InChI=1S/C21H14N2O5/c1-11-12-6-2-4-8-14(12)23-18(20(25)26)19(11)28-21(27)16-10-17(24)13-7-3-5-9-15(13)22-16/h2-10H,1H3,(H,22,24)(H,25,26). The highest BCUT2D eigenvalue weighted by Gasteiger charge is 2.22. The highest BCUT2D eigenvalue weighted by atomic mass is 16.5. The van der Waals surface area contributed by atoms with Gasteiger partial charge in [0.05, 0.1) is 5.52 Å². The lowest BCUT2D eigenvalue weighted by Crippen LogP contribution is -2.17. The minimum atomic E-state index is -1.32. The number of hydrogen-bond acceptors (Lipinski definition) is 5. The van der Waals surface area contributed by atoms with Gasteiger partial charge in [-0.3, -0.25) is 4.79 Å². The van der Waals surface area contributed by atoms with Gasteiger partial charge >= 0.3 is 11.9 Å². The van der Waals surface area contributed by atoms with E-state index in [0.29, 0.717) is 27.4 Å². The number of aromatic carboxylic acids is 1. The molecule has 0 radical (unpaired) electrons. The van der Waals surface area contributed by atoms with Crippen molar-refractivity contribution in [1.29, 1.82) is 0 Å². The monoisotopic (exact) mass is 374 g/mol. The van der Waals surface area contributed by atoms with Crippen molar-refractivity contribution in [3.63, 3.8) is 0 Å². The summed E-state index contributed by atoms with van der Waals surface area (Å²) in [6.45, 7) is 1.65. The van der Waals surface area contributed by atoms with Gasteiger partial charge in [0, 0.05) is 27.9 Å². The first-order valence-electron chi connectivity index (χ1n) is 8.42. The summed E-state index contributed by atoms with van der Waals surface area (Å²) < 4.78 is 5.38. The topological polar surface area (TPSA) is 109 Å². The molecule has 0 saturated heterocycles. The number of carboxylic acid groups (broad SMARTS) is 1. The average Bonchev–Trinajstić information content (AvgIpc) is 2.69. The van der Waals surface area contributed by atoms with E-state index in [4.69, 9.17) is 4.74 Å². The Morgan fingerprint density at radius 1 is 1.04 bits per heavy atom. The van der Waals surface area contributed by atoms with E-state index in [0.717, 1.165) is 6.07 Å². The molecular weight excluding hydrogens is 360 g/mol. The van der Waals surface area contributed by atoms with E-state index in [1.807, 2.05) is 0 Å². The van der Waals surface area contributed by atoms with Crippen molar-refractivity contribution in [2.45, 2.75) is 6.92 Å². The van der Waals surface area contributed by atoms with Crippen LogP contribution in [0.15, 0.2) is 59.4 Å². The van der Waals surface area contributed by atoms with Crippen molar-refractivity contribution < 1.29 is 19.4 Å². The second-order valence-electron chi connectivity index (χ2n) is 6.22. The van der Waals surface area contributed by atoms with Crippen LogP contribution in [0.4, 0.5) is 0 Å². The Morgan fingerprint density at radius 2 is 1.71 bits per heavy atom. The molecule has 2 aromatic carbocycles. The molecule has 0 bridgehead atoms. The van der Waals surface area contributed by atoms with E-state index in [1.54, 1.807) is 55.5 Å². The number of hydrogen-bond donors (Lipinski definition) is 2. The predicted octanol–water partition coefficient (Wildman–Crippen LogP) is 3.30. The van der Waals surface area contributed by atoms with E-state index >= 15 is 0 Å². The van der Waals surface area contributed by atoms with Crippen molar-refractivity contribution in [1.82, 2.24) is 9.97 Å². The molecule has 4 rings (SSSR count). The Hall–Kier alpha value is -4.00. The van der Waals surface area contributed by atoms with E-state index in [2.05, 4.69) is 9.97 Å². The van der Waals surface area contributed by atoms with Crippen LogP contribution in [0, 0.1) is 6.92 Å². The number of benzene rings is 2. The fourth-order valence-corrected chi connectivity index (χ4v) is 3.08. The number of aromatic amines is 1. The molecule has 2 N–H and O–H groups in total. The molecule has 7 nitrogen and oxygen atoms in total. The molecule has 0 aliphatic heterocycles. The van der Waals surface area contributed by atoms with Crippen LogP contribution in [0.25, 0.3) is 21.8 Å². The number of nitrogens with zero attached hydrogens (tertiary/aromatic N) is 1. The van der Waals surface area contributed by atoms with Gasteiger partial charge in [-0.1, -0.05) is 30.3 Å². The number of carbonyl (C=O) groups is 2. The van der Waals surface area contributed by atoms with Crippen molar-refractivity contribution >= 4 is 33.7 Å².